The van der Waals surface area contributed by atoms with Crippen LogP contribution in [0.15, 0.2) is 24.3 Å². The number of carbonyl (C=O) groups excluding carboxylic acids is 3. The Kier molecular flexibility index (Phi) is 8.79. The summed E-state index contributed by atoms with van der Waals surface area (Å²) in [5.41, 5.74) is 1.20. The molecular weight excluding hydrogens is 504 g/mol. The highest BCUT2D eigenvalue weighted by molar-refractivity contribution is 5.98. The molecule has 2 atom stereocenters. The number of ether oxygens (including phenoxy) is 5. The zero-order chi connectivity index (χ0) is 28.1. The number of phenolic OH excluding ortho intramolecular Hbond substituents is 1. The Morgan fingerprint density at radius 2 is 1.72 bits per heavy atom. The molecule has 9 heteroatoms. The van der Waals surface area contributed by atoms with Crippen molar-refractivity contribution in [1.82, 2.24) is 0 Å². The summed E-state index contributed by atoms with van der Waals surface area (Å²) >= 11 is 0. The van der Waals surface area contributed by atoms with Crippen LogP contribution in [0.1, 0.15) is 84.8 Å². The second-order valence-electron chi connectivity index (χ2n) is 9.70. The van der Waals surface area contributed by atoms with Gasteiger partial charge in [-0.3, -0.25) is 9.59 Å². The highest BCUT2D eigenvalue weighted by Crippen LogP contribution is 2.52. The molecule has 0 unspecified atom stereocenters. The second kappa shape index (κ2) is 12.2. The predicted octanol–water partition coefficient (Wildman–Crippen LogP) is 5.34. The molecule has 0 fully saturated rings. The van der Waals surface area contributed by atoms with Crippen molar-refractivity contribution in [2.75, 3.05) is 21.3 Å². The van der Waals surface area contributed by atoms with E-state index in [-0.39, 0.29) is 34.8 Å². The number of ketones is 1. The van der Waals surface area contributed by atoms with Crippen LogP contribution >= 0.6 is 0 Å². The average molecular weight is 539 g/mol. The monoisotopic (exact) mass is 538 g/mol. The van der Waals surface area contributed by atoms with Crippen LogP contribution in [-0.2, 0) is 14.3 Å². The fourth-order valence-electron chi connectivity index (χ4n) is 5.18. The van der Waals surface area contributed by atoms with Crippen molar-refractivity contribution in [3.8, 4) is 28.7 Å². The quantitative estimate of drug-likeness (QED) is 0.406. The van der Waals surface area contributed by atoms with E-state index in [1.54, 1.807) is 31.2 Å². The molecule has 0 amide bonds. The SMILES string of the molecule is COc1ccc([C@@H]2CC(=O)Oc3cc4c(c(O)c32)C(=O)O[C@H](C)CCCC(=O)CCCC=C4)c(OC)c1OC. The van der Waals surface area contributed by atoms with Crippen molar-refractivity contribution >= 4 is 23.8 Å². The number of hydrogen-bond acceptors (Lipinski definition) is 9. The van der Waals surface area contributed by atoms with Crippen molar-refractivity contribution in [3.63, 3.8) is 0 Å². The third kappa shape index (κ3) is 5.87. The summed E-state index contributed by atoms with van der Waals surface area (Å²) < 4.78 is 27.8. The molecule has 9 nitrogen and oxygen atoms in total. The number of rotatable bonds is 4. The molecule has 2 aliphatic heterocycles. The first-order valence-corrected chi connectivity index (χ1v) is 13.1. The minimum atomic E-state index is -0.699. The Morgan fingerprint density at radius 3 is 2.44 bits per heavy atom. The Morgan fingerprint density at radius 1 is 0.974 bits per heavy atom. The van der Waals surface area contributed by atoms with Gasteiger partial charge in [0.15, 0.2) is 11.5 Å². The lowest BCUT2D eigenvalue weighted by Crippen LogP contribution is -2.23. The normalized spacial score (nSPS) is 20.2. The second-order valence-corrected chi connectivity index (χ2v) is 9.70. The van der Waals surface area contributed by atoms with Crippen molar-refractivity contribution in [1.29, 1.82) is 0 Å². The smallest absolute Gasteiger partial charge is 0.342 e. The molecule has 0 saturated heterocycles. The van der Waals surface area contributed by atoms with Gasteiger partial charge in [-0.2, -0.15) is 0 Å². The van der Waals surface area contributed by atoms with Gasteiger partial charge in [0.1, 0.15) is 22.8 Å². The van der Waals surface area contributed by atoms with Crippen molar-refractivity contribution in [2.24, 2.45) is 0 Å². The first-order valence-electron chi connectivity index (χ1n) is 13.1. The van der Waals surface area contributed by atoms with Gasteiger partial charge in [0.25, 0.3) is 0 Å². The van der Waals surface area contributed by atoms with Crippen molar-refractivity contribution in [2.45, 2.75) is 63.9 Å². The third-order valence-corrected chi connectivity index (χ3v) is 7.09. The number of fused-ring (bicyclic) bond motifs is 2. The maximum atomic E-state index is 13.4. The minimum Gasteiger partial charge on any atom is -0.507 e. The van der Waals surface area contributed by atoms with E-state index in [4.69, 9.17) is 23.7 Å². The maximum absolute atomic E-state index is 13.4. The van der Waals surface area contributed by atoms with Crippen LogP contribution in [0.25, 0.3) is 6.08 Å². The lowest BCUT2D eigenvalue weighted by molar-refractivity contribution is -0.135. The lowest BCUT2D eigenvalue weighted by Gasteiger charge is -2.29. The topological polar surface area (TPSA) is 118 Å². The summed E-state index contributed by atoms with van der Waals surface area (Å²) in [5, 5.41) is 11.6. The van der Waals surface area contributed by atoms with E-state index in [0.29, 0.717) is 66.9 Å². The number of esters is 2. The predicted molar refractivity (Wildman–Crippen MR) is 143 cm³/mol. The number of carbonyl (C=O) groups is 3. The molecule has 0 radical (unpaired) electrons. The van der Waals surface area contributed by atoms with E-state index in [1.807, 2.05) is 6.08 Å². The van der Waals surface area contributed by atoms with Crippen molar-refractivity contribution in [3.05, 3.63) is 46.5 Å². The van der Waals surface area contributed by atoms with Crippen LogP contribution in [0.3, 0.4) is 0 Å². The van der Waals surface area contributed by atoms with Crippen LogP contribution in [0.2, 0.25) is 0 Å². The summed E-state index contributed by atoms with van der Waals surface area (Å²) in [4.78, 5) is 38.2. The van der Waals surface area contributed by atoms with E-state index in [9.17, 15) is 19.5 Å². The molecule has 0 bridgehead atoms. The molecule has 0 saturated carbocycles. The number of aromatic hydroxyl groups is 1. The van der Waals surface area contributed by atoms with E-state index in [2.05, 4.69) is 0 Å². The maximum Gasteiger partial charge on any atom is 0.342 e. The molecule has 2 aromatic rings. The summed E-state index contributed by atoms with van der Waals surface area (Å²) in [6.45, 7) is 1.76. The number of hydrogen-bond donors (Lipinski definition) is 1. The molecule has 39 heavy (non-hydrogen) atoms. The zero-order valence-corrected chi connectivity index (χ0v) is 22.7. The lowest BCUT2D eigenvalue weighted by atomic mass is 9.83. The molecule has 0 aliphatic carbocycles. The number of benzene rings is 2. The summed E-state index contributed by atoms with van der Waals surface area (Å²) in [6.07, 6.45) is 6.32. The van der Waals surface area contributed by atoms with Gasteiger partial charge in [-0.15, -0.1) is 0 Å². The van der Waals surface area contributed by atoms with E-state index < -0.39 is 24.0 Å². The molecular formula is C30H34O9. The van der Waals surface area contributed by atoms with E-state index >= 15 is 0 Å². The molecule has 0 spiro atoms. The molecule has 208 valence electrons. The zero-order valence-electron chi connectivity index (χ0n) is 22.7. The summed E-state index contributed by atoms with van der Waals surface area (Å²) in [7, 11) is 4.46. The van der Waals surface area contributed by atoms with E-state index in [0.717, 1.165) is 0 Å². The Labute approximate surface area is 227 Å². The van der Waals surface area contributed by atoms with E-state index in [1.165, 1.54) is 21.3 Å². The molecule has 2 aliphatic rings. The standard InChI is InChI=1S/C30H34O9/c1-17-9-8-12-19(31)11-7-5-6-10-18-15-23-26(27(33)25(18)30(34)38-17)21(16-24(32)39-23)20-13-14-22(35-2)29(37-4)28(20)36-3/h6,10,13-15,17,21,33H,5,7-9,11-12,16H2,1-4H3/t17-,21+/m1/s1. The Hall–Kier alpha value is -4.01. The molecule has 4 rings (SSSR count). The van der Waals surface area contributed by atoms with Crippen LogP contribution < -0.4 is 18.9 Å². The van der Waals surface area contributed by atoms with Crippen LogP contribution in [0.4, 0.5) is 0 Å². The van der Waals surface area contributed by atoms with Gasteiger partial charge < -0.3 is 28.8 Å². The molecule has 2 aromatic carbocycles. The number of methoxy groups -OCH3 is 3. The number of cyclic esters (lactones) is 1. The highest BCUT2D eigenvalue weighted by atomic mass is 16.5. The largest absolute Gasteiger partial charge is 0.507 e. The Bertz CT molecular complexity index is 1290. The fraction of sp³-hybridized carbons (Fsp3) is 0.433. The fourth-order valence-corrected chi connectivity index (χ4v) is 5.18. The molecule has 2 heterocycles. The number of Topliss-reactive ketones (excluding diaryl/α,β-unsaturated/α-hetero) is 1. The first-order chi connectivity index (χ1) is 18.8. The van der Waals surface area contributed by atoms with Crippen LogP contribution in [0.5, 0.6) is 28.7 Å². The van der Waals surface area contributed by atoms with Crippen LogP contribution in [-0.4, -0.2) is 50.3 Å². The average Bonchev–Trinajstić information content (AvgIpc) is 2.90. The first kappa shape index (κ1) is 28.0. The van der Waals surface area contributed by atoms with Gasteiger partial charge in [-0.1, -0.05) is 18.2 Å². The molecule has 1 N–H and O–H groups in total. The third-order valence-electron chi connectivity index (χ3n) is 7.09. The van der Waals surface area contributed by atoms with Gasteiger partial charge >= 0.3 is 11.9 Å². The van der Waals surface area contributed by atoms with Gasteiger partial charge in [0.05, 0.1) is 33.9 Å². The molecule has 0 aromatic heterocycles. The van der Waals surface area contributed by atoms with Crippen molar-refractivity contribution < 1.29 is 43.2 Å². The summed E-state index contributed by atoms with van der Waals surface area (Å²) in [5.74, 6) is -0.757. The number of phenols is 1. The van der Waals surface area contributed by atoms with Gasteiger partial charge in [0, 0.05) is 29.9 Å². The minimum absolute atomic E-state index is 0.00706. The highest BCUT2D eigenvalue weighted by Gasteiger charge is 2.37. The Balaban J connectivity index is 1.87. The summed E-state index contributed by atoms with van der Waals surface area (Å²) in [6, 6.07) is 5.00. The van der Waals surface area contributed by atoms with Gasteiger partial charge in [-0.25, -0.2) is 4.79 Å². The van der Waals surface area contributed by atoms with Crippen LogP contribution in [0, 0.1) is 0 Å². The van der Waals surface area contributed by atoms with Gasteiger partial charge in [0.2, 0.25) is 5.75 Å². The van der Waals surface area contributed by atoms with Gasteiger partial charge in [-0.05, 0) is 50.3 Å². The number of allylic oxidation sites excluding steroid dienone is 1.